The molecule has 0 amide bonds. The molecule has 1 heterocycles. The highest BCUT2D eigenvalue weighted by atomic mass is 16.6. The standard InChI is InChI=1S/C15H20N2O4/c1-11(2)21-9-3-7-16-8-6-15(18)13-10-12(17(19)20)4-5-14(13)16/h4-5,10-11H,3,6-9H2,1-2H3. The summed E-state index contributed by atoms with van der Waals surface area (Å²) in [6, 6.07) is 4.51. The number of nitrogens with zero attached hydrogens (tertiary/aromatic N) is 2. The summed E-state index contributed by atoms with van der Waals surface area (Å²) in [7, 11) is 0. The average molecular weight is 292 g/mol. The van der Waals surface area contributed by atoms with E-state index in [0.29, 0.717) is 25.1 Å². The molecule has 1 aromatic carbocycles. The van der Waals surface area contributed by atoms with Crippen LogP contribution in [0.5, 0.6) is 0 Å². The molecule has 0 saturated heterocycles. The van der Waals surface area contributed by atoms with Crippen LogP contribution in [0.3, 0.4) is 0 Å². The van der Waals surface area contributed by atoms with Crippen molar-refractivity contribution in [3.63, 3.8) is 0 Å². The number of hydrogen-bond acceptors (Lipinski definition) is 5. The number of ketones is 1. The molecule has 1 aliphatic heterocycles. The third-order valence-corrected chi connectivity index (χ3v) is 3.46. The first-order chi connectivity index (χ1) is 9.99. The Hall–Kier alpha value is -1.95. The zero-order chi connectivity index (χ0) is 15.4. The summed E-state index contributed by atoms with van der Waals surface area (Å²) in [4.78, 5) is 24.4. The van der Waals surface area contributed by atoms with E-state index >= 15 is 0 Å². The first-order valence-electron chi connectivity index (χ1n) is 7.17. The van der Waals surface area contributed by atoms with Crippen molar-refractivity contribution in [2.45, 2.75) is 32.8 Å². The van der Waals surface area contributed by atoms with Gasteiger partial charge in [0.25, 0.3) is 5.69 Å². The van der Waals surface area contributed by atoms with Crippen molar-refractivity contribution in [1.82, 2.24) is 0 Å². The van der Waals surface area contributed by atoms with Crippen LogP contribution in [-0.2, 0) is 4.74 Å². The van der Waals surface area contributed by atoms with Crippen LogP contribution in [0.25, 0.3) is 0 Å². The van der Waals surface area contributed by atoms with E-state index in [9.17, 15) is 14.9 Å². The van der Waals surface area contributed by atoms with Gasteiger partial charge < -0.3 is 9.64 Å². The molecule has 0 N–H and O–H groups in total. The molecular weight excluding hydrogens is 272 g/mol. The summed E-state index contributed by atoms with van der Waals surface area (Å²) < 4.78 is 5.51. The van der Waals surface area contributed by atoms with Crippen molar-refractivity contribution in [3.8, 4) is 0 Å². The van der Waals surface area contributed by atoms with Gasteiger partial charge in [-0.1, -0.05) is 0 Å². The largest absolute Gasteiger partial charge is 0.379 e. The number of nitro groups is 1. The highest BCUT2D eigenvalue weighted by Gasteiger charge is 2.25. The first kappa shape index (κ1) is 15.4. The quantitative estimate of drug-likeness (QED) is 0.458. The number of Topliss-reactive ketones (excluding diaryl/α,β-unsaturated/α-hetero) is 1. The zero-order valence-corrected chi connectivity index (χ0v) is 12.4. The van der Waals surface area contributed by atoms with Gasteiger partial charge in [0.2, 0.25) is 0 Å². The number of fused-ring (bicyclic) bond motifs is 1. The van der Waals surface area contributed by atoms with Crippen LogP contribution in [0.15, 0.2) is 18.2 Å². The van der Waals surface area contributed by atoms with Gasteiger partial charge in [-0.15, -0.1) is 0 Å². The first-order valence-corrected chi connectivity index (χ1v) is 7.17. The number of hydrogen-bond donors (Lipinski definition) is 0. The topological polar surface area (TPSA) is 72.7 Å². The molecule has 0 aromatic heterocycles. The second kappa shape index (κ2) is 6.67. The zero-order valence-electron chi connectivity index (χ0n) is 12.4. The van der Waals surface area contributed by atoms with Gasteiger partial charge in [0.15, 0.2) is 5.78 Å². The summed E-state index contributed by atoms with van der Waals surface area (Å²) in [5, 5.41) is 10.8. The SMILES string of the molecule is CC(C)OCCCN1CCC(=O)c2cc([N+](=O)[O-])ccc21. The lowest BCUT2D eigenvalue weighted by molar-refractivity contribution is -0.384. The maximum Gasteiger partial charge on any atom is 0.270 e. The van der Waals surface area contributed by atoms with Crippen molar-refractivity contribution in [1.29, 1.82) is 0 Å². The number of carbonyl (C=O) groups is 1. The molecule has 0 spiro atoms. The predicted octanol–water partition coefficient (Wildman–Crippen LogP) is 2.80. The Balaban J connectivity index is 2.09. The van der Waals surface area contributed by atoms with E-state index < -0.39 is 4.92 Å². The van der Waals surface area contributed by atoms with Gasteiger partial charge in [0, 0.05) is 49.5 Å². The van der Waals surface area contributed by atoms with E-state index in [1.54, 1.807) is 6.07 Å². The van der Waals surface area contributed by atoms with E-state index in [4.69, 9.17) is 4.74 Å². The summed E-state index contributed by atoms with van der Waals surface area (Å²) >= 11 is 0. The molecule has 6 nitrogen and oxygen atoms in total. The highest BCUT2D eigenvalue weighted by molar-refractivity contribution is 6.03. The van der Waals surface area contributed by atoms with Crippen LogP contribution in [0.1, 0.15) is 37.0 Å². The third-order valence-electron chi connectivity index (χ3n) is 3.46. The Morgan fingerprint density at radius 2 is 2.19 bits per heavy atom. The molecular formula is C15H20N2O4. The van der Waals surface area contributed by atoms with Crippen molar-refractivity contribution in [3.05, 3.63) is 33.9 Å². The second-order valence-electron chi connectivity index (χ2n) is 5.39. The van der Waals surface area contributed by atoms with Crippen LogP contribution in [0, 0.1) is 10.1 Å². The normalized spacial score (nSPS) is 14.4. The molecule has 0 atom stereocenters. The molecule has 1 aromatic rings. The number of anilines is 1. The fourth-order valence-electron chi connectivity index (χ4n) is 2.44. The summed E-state index contributed by atoms with van der Waals surface area (Å²) in [5.41, 5.74) is 1.22. The van der Waals surface area contributed by atoms with Gasteiger partial charge in [0.1, 0.15) is 0 Å². The van der Waals surface area contributed by atoms with Crippen molar-refractivity contribution in [2.75, 3.05) is 24.6 Å². The lowest BCUT2D eigenvalue weighted by Gasteiger charge is -2.30. The Kier molecular flexibility index (Phi) is 4.90. The van der Waals surface area contributed by atoms with Crippen molar-refractivity contribution in [2.24, 2.45) is 0 Å². The molecule has 0 radical (unpaired) electrons. The average Bonchev–Trinajstić information content (AvgIpc) is 2.45. The second-order valence-corrected chi connectivity index (χ2v) is 5.39. The maximum atomic E-state index is 12.0. The van der Waals surface area contributed by atoms with E-state index in [1.165, 1.54) is 12.1 Å². The maximum absolute atomic E-state index is 12.0. The van der Waals surface area contributed by atoms with Crippen molar-refractivity contribution >= 4 is 17.2 Å². The fourth-order valence-corrected chi connectivity index (χ4v) is 2.44. The summed E-state index contributed by atoms with van der Waals surface area (Å²) in [5.74, 6) is -0.0246. The van der Waals surface area contributed by atoms with Gasteiger partial charge in [-0.05, 0) is 26.3 Å². The smallest absolute Gasteiger partial charge is 0.270 e. The van der Waals surface area contributed by atoms with Crippen LogP contribution in [-0.4, -0.2) is 36.5 Å². The number of rotatable bonds is 6. The van der Waals surface area contributed by atoms with Crippen molar-refractivity contribution < 1.29 is 14.5 Å². The molecule has 0 unspecified atom stereocenters. The molecule has 0 saturated carbocycles. The van der Waals surface area contributed by atoms with E-state index in [2.05, 4.69) is 4.90 Å². The third kappa shape index (κ3) is 3.78. The Morgan fingerprint density at radius 3 is 2.86 bits per heavy atom. The molecule has 0 aliphatic carbocycles. The van der Waals surface area contributed by atoms with Gasteiger partial charge >= 0.3 is 0 Å². The van der Waals surface area contributed by atoms with Gasteiger partial charge in [-0.2, -0.15) is 0 Å². The van der Waals surface area contributed by atoms with Gasteiger partial charge in [-0.25, -0.2) is 0 Å². The molecule has 0 bridgehead atoms. The van der Waals surface area contributed by atoms with E-state index in [-0.39, 0.29) is 17.6 Å². The minimum atomic E-state index is -0.469. The number of benzene rings is 1. The van der Waals surface area contributed by atoms with Crippen LogP contribution >= 0.6 is 0 Å². The molecule has 2 rings (SSSR count). The van der Waals surface area contributed by atoms with Crippen LogP contribution in [0.4, 0.5) is 11.4 Å². The summed E-state index contributed by atoms with van der Waals surface area (Å²) in [6.45, 7) is 6.10. The van der Waals surface area contributed by atoms with Crippen LogP contribution in [0.2, 0.25) is 0 Å². The molecule has 0 fully saturated rings. The minimum absolute atomic E-state index is 0.0246. The monoisotopic (exact) mass is 292 g/mol. The molecule has 21 heavy (non-hydrogen) atoms. The lowest BCUT2D eigenvalue weighted by atomic mass is 9.99. The molecule has 114 valence electrons. The Morgan fingerprint density at radius 1 is 1.43 bits per heavy atom. The Bertz CT molecular complexity index is 542. The number of ether oxygens (including phenoxy) is 1. The molecule has 1 aliphatic rings. The Labute approximate surface area is 123 Å². The predicted molar refractivity (Wildman–Crippen MR) is 80.0 cm³/mol. The van der Waals surface area contributed by atoms with E-state index in [0.717, 1.165) is 18.7 Å². The minimum Gasteiger partial charge on any atom is -0.379 e. The van der Waals surface area contributed by atoms with Crippen LogP contribution < -0.4 is 4.90 Å². The summed E-state index contributed by atoms with van der Waals surface area (Å²) in [6.07, 6.45) is 1.48. The fraction of sp³-hybridized carbons (Fsp3) is 0.533. The van der Waals surface area contributed by atoms with Gasteiger partial charge in [-0.3, -0.25) is 14.9 Å². The highest BCUT2D eigenvalue weighted by Crippen LogP contribution is 2.30. The number of carbonyl (C=O) groups excluding carboxylic acids is 1. The van der Waals surface area contributed by atoms with E-state index in [1.807, 2.05) is 13.8 Å². The molecule has 6 heteroatoms. The number of non-ortho nitro benzene ring substituents is 1. The lowest BCUT2D eigenvalue weighted by Crippen LogP contribution is -2.33. The number of nitro benzene ring substituents is 1. The van der Waals surface area contributed by atoms with Gasteiger partial charge in [0.05, 0.1) is 11.0 Å².